The molecule has 0 aromatic heterocycles. The van der Waals surface area contributed by atoms with E-state index in [1.165, 1.54) is 12.6 Å². The minimum absolute atomic E-state index is 0.188. The van der Waals surface area contributed by atoms with Gasteiger partial charge in [-0.3, -0.25) is 4.79 Å². The van der Waals surface area contributed by atoms with Crippen molar-refractivity contribution in [3.63, 3.8) is 0 Å². The standard InChI is InChI=1S/C6H3ClN4O/c7-6-8-1-3-4(11-6)5(12)10-2-9-3/h1-2,6H. The molecule has 0 N–H and O–H groups in total. The third kappa shape index (κ3) is 1.08. The SMILES string of the molecule is O=C1N=CN=C2C=NC(Cl)N=C12. The molecule has 0 radical (unpaired) electrons. The molecular weight excluding hydrogens is 180 g/mol. The van der Waals surface area contributed by atoms with E-state index in [-0.39, 0.29) is 5.71 Å². The molecule has 0 aliphatic carbocycles. The molecule has 0 aromatic rings. The Morgan fingerprint density at radius 3 is 3.17 bits per heavy atom. The minimum atomic E-state index is -0.726. The number of nitrogens with zero attached hydrogens (tertiary/aromatic N) is 4. The van der Waals surface area contributed by atoms with Gasteiger partial charge in [0.15, 0.2) is 5.71 Å². The van der Waals surface area contributed by atoms with Crippen LogP contribution in [0.5, 0.6) is 0 Å². The molecule has 2 heterocycles. The van der Waals surface area contributed by atoms with Crippen molar-refractivity contribution in [1.82, 2.24) is 0 Å². The van der Waals surface area contributed by atoms with E-state index in [1.807, 2.05) is 0 Å². The highest BCUT2D eigenvalue weighted by molar-refractivity contribution is 6.80. The van der Waals surface area contributed by atoms with Crippen molar-refractivity contribution in [2.75, 3.05) is 0 Å². The lowest BCUT2D eigenvalue weighted by atomic mass is 10.2. The summed E-state index contributed by atoms with van der Waals surface area (Å²) in [7, 11) is 0. The van der Waals surface area contributed by atoms with Crippen LogP contribution in [0.1, 0.15) is 0 Å². The summed E-state index contributed by atoms with van der Waals surface area (Å²) in [6.45, 7) is 0. The second-order valence-corrected chi connectivity index (χ2v) is 2.52. The van der Waals surface area contributed by atoms with E-state index in [1.54, 1.807) is 0 Å². The van der Waals surface area contributed by atoms with E-state index >= 15 is 0 Å². The first-order valence-electron chi connectivity index (χ1n) is 3.17. The second kappa shape index (κ2) is 2.60. The van der Waals surface area contributed by atoms with Gasteiger partial charge in [-0.15, -0.1) is 0 Å². The van der Waals surface area contributed by atoms with Crippen LogP contribution in [-0.4, -0.2) is 35.5 Å². The topological polar surface area (TPSA) is 66.5 Å². The van der Waals surface area contributed by atoms with Gasteiger partial charge in [0.25, 0.3) is 5.91 Å². The molecule has 1 unspecified atom stereocenters. The molecule has 12 heavy (non-hydrogen) atoms. The smallest absolute Gasteiger partial charge is 0.265 e. The maximum absolute atomic E-state index is 11.0. The zero-order chi connectivity index (χ0) is 8.55. The van der Waals surface area contributed by atoms with Crippen LogP contribution >= 0.6 is 11.6 Å². The van der Waals surface area contributed by atoms with Gasteiger partial charge in [-0.25, -0.2) is 15.0 Å². The Bertz CT molecular complexity index is 355. The third-order valence-corrected chi connectivity index (χ3v) is 1.58. The lowest BCUT2D eigenvalue weighted by molar-refractivity contribution is -0.111. The third-order valence-electron chi connectivity index (χ3n) is 1.37. The predicted molar refractivity (Wildman–Crippen MR) is 46.5 cm³/mol. The second-order valence-electron chi connectivity index (χ2n) is 2.13. The molecule has 2 aliphatic rings. The Kier molecular flexibility index (Phi) is 1.58. The van der Waals surface area contributed by atoms with E-state index in [4.69, 9.17) is 11.6 Å². The first kappa shape index (κ1) is 7.30. The molecule has 2 rings (SSSR count). The Morgan fingerprint density at radius 2 is 2.33 bits per heavy atom. The van der Waals surface area contributed by atoms with Crippen molar-refractivity contribution in [3.05, 3.63) is 0 Å². The van der Waals surface area contributed by atoms with Crippen LogP contribution in [0.25, 0.3) is 0 Å². The maximum atomic E-state index is 11.0. The van der Waals surface area contributed by atoms with Crippen molar-refractivity contribution in [1.29, 1.82) is 0 Å². The van der Waals surface area contributed by atoms with Crippen LogP contribution in [0.2, 0.25) is 0 Å². The Hall–Kier alpha value is -1.36. The number of carbonyl (C=O) groups excluding carboxylic acids is 1. The molecule has 1 atom stereocenters. The van der Waals surface area contributed by atoms with Gasteiger partial charge in [-0.2, -0.15) is 4.99 Å². The Labute approximate surface area is 72.6 Å². The van der Waals surface area contributed by atoms with Crippen LogP contribution in [0.3, 0.4) is 0 Å². The van der Waals surface area contributed by atoms with Crippen molar-refractivity contribution < 1.29 is 4.79 Å². The molecule has 0 aromatic carbocycles. The normalized spacial score (nSPS) is 26.4. The van der Waals surface area contributed by atoms with Gasteiger partial charge in [0, 0.05) is 0 Å². The zero-order valence-electron chi connectivity index (χ0n) is 5.81. The lowest BCUT2D eigenvalue weighted by Gasteiger charge is -2.10. The van der Waals surface area contributed by atoms with Crippen LogP contribution in [0, 0.1) is 0 Å². The van der Waals surface area contributed by atoms with Crippen LogP contribution in [-0.2, 0) is 4.79 Å². The summed E-state index contributed by atoms with van der Waals surface area (Å²) in [5.74, 6) is -0.420. The summed E-state index contributed by atoms with van der Waals surface area (Å²) < 4.78 is 0. The lowest BCUT2D eigenvalue weighted by Crippen LogP contribution is -2.31. The first-order valence-corrected chi connectivity index (χ1v) is 3.61. The number of carbonyl (C=O) groups is 1. The number of hydrogen-bond donors (Lipinski definition) is 0. The number of aliphatic imine (C=N–C) groups is 4. The van der Waals surface area contributed by atoms with E-state index in [2.05, 4.69) is 20.0 Å². The molecule has 2 aliphatic heterocycles. The van der Waals surface area contributed by atoms with Gasteiger partial charge in [-0.05, 0) is 0 Å². The Morgan fingerprint density at radius 1 is 1.50 bits per heavy atom. The van der Waals surface area contributed by atoms with Crippen molar-refractivity contribution in [2.24, 2.45) is 20.0 Å². The summed E-state index contributed by atoms with van der Waals surface area (Å²) >= 11 is 5.56. The molecule has 0 fully saturated rings. The number of hydrogen-bond acceptors (Lipinski definition) is 4. The fraction of sp³-hybridized carbons (Fsp3) is 0.167. The maximum Gasteiger partial charge on any atom is 0.299 e. The highest BCUT2D eigenvalue weighted by atomic mass is 35.5. The molecule has 1 amide bonds. The average Bonchev–Trinajstić information content (AvgIpc) is 2.07. The van der Waals surface area contributed by atoms with E-state index < -0.39 is 11.5 Å². The van der Waals surface area contributed by atoms with Gasteiger partial charge < -0.3 is 0 Å². The van der Waals surface area contributed by atoms with Gasteiger partial charge in [0.05, 0.1) is 6.21 Å². The molecule has 5 nitrogen and oxygen atoms in total. The molecule has 0 saturated heterocycles. The summed E-state index contributed by atoms with van der Waals surface area (Å²) in [4.78, 5) is 25.8. The quantitative estimate of drug-likeness (QED) is 0.385. The predicted octanol–water partition coefficient (Wildman–Crippen LogP) is 0.0437. The number of fused-ring (bicyclic) bond motifs is 1. The van der Waals surface area contributed by atoms with E-state index in [9.17, 15) is 4.79 Å². The fourth-order valence-electron chi connectivity index (χ4n) is 0.863. The molecular formula is C6H3ClN4O. The van der Waals surface area contributed by atoms with Crippen LogP contribution < -0.4 is 0 Å². The molecule has 60 valence electrons. The Balaban J connectivity index is 2.46. The molecule has 0 spiro atoms. The average molecular weight is 183 g/mol. The van der Waals surface area contributed by atoms with Crippen LogP contribution in [0.15, 0.2) is 20.0 Å². The summed E-state index contributed by atoms with van der Waals surface area (Å²) in [6.07, 6.45) is 2.60. The first-order chi connectivity index (χ1) is 5.77. The summed E-state index contributed by atoms with van der Waals surface area (Å²) in [5.41, 5.74) is -0.115. The van der Waals surface area contributed by atoms with Gasteiger partial charge in [0.1, 0.15) is 12.1 Å². The van der Waals surface area contributed by atoms with Crippen molar-refractivity contribution >= 4 is 41.5 Å². The highest BCUT2D eigenvalue weighted by Crippen LogP contribution is 2.07. The minimum Gasteiger partial charge on any atom is -0.265 e. The van der Waals surface area contributed by atoms with Gasteiger partial charge in [-0.1, -0.05) is 11.6 Å². The number of halogens is 1. The molecule has 0 bridgehead atoms. The molecule has 0 saturated carbocycles. The number of amides is 1. The summed E-state index contributed by atoms with van der Waals surface area (Å²) in [5, 5.41) is 0. The van der Waals surface area contributed by atoms with E-state index in [0.717, 1.165) is 0 Å². The van der Waals surface area contributed by atoms with Crippen molar-refractivity contribution in [3.8, 4) is 0 Å². The van der Waals surface area contributed by atoms with Crippen molar-refractivity contribution in [2.45, 2.75) is 5.62 Å². The van der Waals surface area contributed by atoms with Gasteiger partial charge in [0.2, 0.25) is 5.62 Å². The summed E-state index contributed by atoms with van der Waals surface area (Å²) in [6, 6.07) is 0. The monoisotopic (exact) mass is 182 g/mol. The van der Waals surface area contributed by atoms with E-state index in [0.29, 0.717) is 5.71 Å². The molecule has 6 heteroatoms. The zero-order valence-corrected chi connectivity index (χ0v) is 6.56. The number of rotatable bonds is 0. The highest BCUT2D eigenvalue weighted by Gasteiger charge is 2.22. The number of alkyl halides is 1. The fourth-order valence-corrected chi connectivity index (χ4v) is 1.02. The largest absolute Gasteiger partial charge is 0.299 e. The van der Waals surface area contributed by atoms with Gasteiger partial charge >= 0.3 is 0 Å². The van der Waals surface area contributed by atoms with Crippen LogP contribution in [0.4, 0.5) is 0 Å².